The maximum absolute atomic E-state index is 13.8. The van der Waals surface area contributed by atoms with Gasteiger partial charge in [-0.3, -0.25) is 10.1 Å². The number of halogens is 1. The number of aryl methyl sites for hydroxylation is 2. The van der Waals surface area contributed by atoms with Gasteiger partial charge in [-0.2, -0.15) is 5.10 Å². The van der Waals surface area contributed by atoms with Crippen molar-refractivity contribution >= 4 is 5.69 Å². The van der Waals surface area contributed by atoms with E-state index in [0.29, 0.717) is 11.3 Å². The molecular weight excluding hydrogens is 267 g/mol. The van der Waals surface area contributed by atoms with Crippen LogP contribution in [0.25, 0.3) is 0 Å². The standard InChI is InChI=1S/C12H13FN4O3/c1-7-8(6-14)12(16(2)15-7)20-11-9(13)4-3-5-10(11)17(18)19/h3-5H,6,14H2,1-2H3. The largest absolute Gasteiger partial charge is 0.429 e. The fourth-order valence-corrected chi connectivity index (χ4v) is 1.88. The highest BCUT2D eigenvalue weighted by Crippen LogP contribution is 2.35. The summed E-state index contributed by atoms with van der Waals surface area (Å²) >= 11 is 0. The van der Waals surface area contributed by atoms with Crippen molar-refractivity contribution in [1.82, 2.24) is 9.78 Å². The molecule has 0 radical (unpaired) electrons. The number of nitro benzene ring substituents is 1. The molecule has 0 aliphatic rings. The molecule has 2 N–H and O–H groups in total. The molecule has 0 aliphatic carbocycles. The number of hydrogen-bond donors (Lipinski definition) is 1. The summed E-state index contributed by atoms with van der Waals surface area (Å²) in [6, 6.07) is 3.51. The molecule has 0 bridgehead atoms. The van der Waals surface area contributed by atoms with E-state index in [-0.39, 0.29) is 12.4 Å². The van der Waals surface area contributed by atoms with Gasteiger partial charge < -0.3 is 10.5 Å². The number of aromatic nitrogens is 2. The van der Waals surface area contributed by atoms with Gasteiger partial charge in [-0.25, -0.2) is 9.07 Å². The molecule has 7 nitrogen and oxygen atoms in total. The van der Waals surface area contributed by atoms with Gasteiger partial charge >= 0.3 is 5.69 Å². The maximum atomic E-state index is 13.8. The third-order valence-corrected chi connectivity index (χ3v) is 2.83. The Morgan fingerprint density at radius 1 is 1.55 bits per heavy atom. The quantitative estimate of drug-likeness (QED) is 0.682. The van der Waals surface area contributed by atoms with Crippen LogP contribution in [-0.2, 0) is 13.6 Å². The first-order chi connectivity index (χ1) is 9.45. The molecule has 0 atom stereocenters. The van der Waals surface area contributed by atoms with Gasteiger partial charge in [0, 0.05) is 19.7 Å². The summed E-state index contributed by atoms with van der Waals surface area (Å²) in [6.07, 6.45) is 0. The van der Waals surface area contributed by atoms with Gasteiger partial charge in [-0.05, 0) is 13.0 Å². The first kappa shape index (κ1) is 13.9. The van der Waals surface area contributed by atoms with E-state index in [1.165, 1.54) is 16.8 Å². The lowest BCUT2D eigenvalue weighted by Gasteiger charge is -2.09. The van der Waals surface area contributed by atoms with Gasteiger partial charge in [0.1, 0.15) is 0 Å². The van der Waals surface area contributed by atoms with Crippen LogP contribution in [-0.4, -0.2) is 14.7 Å². The van der Waals surface area contributed by atoms with Crippen LogP contribution in [0.15, 0.2) is 18.2 Å². The molecule has 0 amide bonds. The summed E-state index contributed by atoms with van der Waals surface area (Å²) in [5, 5.41) is 15.0. The molecule has 0 unspecified atom stereocenters. The number of nitro groups is 1. The van der Waals surface area contributed by atoms with Gasteiger partial charge in [-0.15, -0.1) is 0 Å². The number of hydrogen-bond acceptors (Lipinski definition) is 5. The van der Waals surface area contributed by atoms with Crippen molar-refractivity contribution in [1.29, 1.82) is 0 Å². The van der Waals surface area contributed by atoms with E-state index >= 15 is 0 Å². The molecule has 0 fully saturated rings. The topological polar surface area (TPSA) is 96.2 Å². The Balaban J connectivity index is 2.53. The summed E-state index contributed by atoms with van der Waals surface area (Å²) in [6.45, 7) is 1.86. The summed E-state index contributed by atoms with van der Waals surface area (Å²) in [5.74, 6) is -1.07. The van der Waals surface area contributed by atoms with E-state index in [1.807, 2.05) is 0 Å². The van der Waals surface area contributed by atoms with Crippen LogP contribution in [0.5, 0.6) is 11.6 Å². The molecule has 0 saturated carbocycles. The van der Waals surface area contributed by atoms with Crippen molar-refractivity contribution in [2.75, 3.05) is 0 Å². The first-order valence-electron chi connectivity index (χ1n) is 5.79. The predicted molar refractivity (Wildman–Crippen MR) is 69.0 cm³/mol. The van der Waals surface area contributed by atoms with Crippen LogP contribution >= 0.6 is 0 Å². The number of ether oxygens (including phenoxy) is 1. The molecule has 0 saturated heterocycles. The minimum atomic E-state index is -0.818. The van der Waals surface area contributed by atoms with Crippen molar-refractivity contribution in [2.24, 2.45) is 12.8 Å². The van der Waals surface area contributed by atoms with Crippen molar-refractivity contribution in [3.8, 4) is 11.6 Å². The number of nitrogens with two attached hydrogens (primary N) is 1. The minimum absolute atomic E-state index is 0.136. The molecule has 2 rings (SSSR count). The number of para-hydroxylation sites is 1. The molecule has 1 aromatic heterocycles. The number of rotatable bonds is 4. The Bertz CT molecular complexity index is 669. The SMILES string of the molecule is Cc1nn(C)c(Oc2c(F)cccc2[N+](=O)[O-])c1CN. The van der Waals surface area contributed by atoms with Gasteiger partial charge in [0.15, 0.2) is 5.82 Å². The van der Waals surface area contributed by atoms with Crippen molar-refractivity contribution in [3.05, 3.63) is 45.4 Å². The van der Waals surface area contributed by atoms with E-state index in [2.05, 4.69) is 5.10 Å². The summed E-state index contributed by atoms with van der Waals surface area (Å²) in [7, 11) is 1.59. The monoisotopic (exact) mass is 280 g/mol. The van der Waals surface area contributed by atoms with Gasteiger partial charge in [-0.1, -0.05) is 6.07 Å². The van der Waals surface area contributed by atoms with Crippen LogP contribution in [0, 0.1) is 22.9 Å². The average molecular weight is 280 g/mol. The molecule has 8 heteroatoms. The van der Waals surface area contributed by atoms with E-state index in [9.17, 15) is 14.5 Å². The summed E-state index contributed by atoms with van der Waals surface area (Å²) in [5.41, 5.74) is 6.34. The van der Waals surface area contributed by atoms with Crippen LogP contribution in [0.3, 0.4) is 0 Å². The van der Waals surface area contributed by atoms with Crippen LogP contribution < -0.4 is 10.5 Å². The highest BCUT2D eigenvalue weighted by Gasteiger charge is 2.23. The smallest absolute Gasteiger partial charge is 0.314 e. The second-order valence-electron chi connectivity index (χ2n) is 4.14. The maximum Gasteiger partial charge on any atom is 0.314 e. The molecule has 20 heavy (non-hydrogen) atoms. The Labute approximate surface area is 113 Å². The lowest BCUT2D eigenvalue weighted by Crippen LogP contribution is -2.03. The van der Waals surface area contributed by atoms with Gasteiger partial charge in [0.25, 0.3) is 0 Å². The number of nitrogens with zero attached hydrogens (tertiary/aromatic N) is 3. The first-order valence-corrected chi connectivity index (χ1v) is 5.79. The molecule has 0 aliphatic heterocycles. The van der Waals surface area contributed by atoms with Gasteiger partial charge in [0.2, 0.25) is 11.6 Å². The van der Waals surface area contributed by atoms with Crippen molar-refractivity contribution in [3.63, 3.8) is 0 Å². The Morgan fingerprint density at radius 3 is 2.85 bits per heavy atom. The third kappa shape index (κ3) is 2.32. The summed E-state index contributed by atoms with van der Waals surface area (Å²) in [4.78, 5) is 10.2. The van der Waals surface area contributed by atoms with Crippen LogP contribution in [0.2, 0.25) is 0 Å². The Morgan fingerprint density at radius 2 is 2.25 bits per heavy atom. The summed E-state index contributed by atoms with van der Waals surface area (Å²) < 4.78 is 20.5. The van der Waals surface area contributed by atoms with E-state index in [4.69, 9.17) is 10.5 Å². The van der Waals surface area contributed by atoms with E-state index < -0.39 is 22.2 Å². The van der Waals surface area contributed by atoms with Gasteiger partial charge in [0.05, 0.1) is 16.2 Å². The van der Waals surface area contributed by atoms with E-state index in [0.717, 1.165) is 6.07 Å². The zero-order valence-corrected chi connectivity index (χ0v) is 11.0. The van der Waals surface area contributed by atoms with Crippen LogP contribution in [0.1, 0.15) is 11.3 Å². The van der Waals surface area contributed by atoms with Crippen molar-refractivity contribution in [2.45, 2.75) is 13.5 Å². The zero-order chi connectivity index (χ0) is 14.9. The second-order valence-corrected chi connectivity index (χ2v) is 4.14. The second kappa shape index (κ2) is 5.25. The molecule has 0 spiro atoms. The minimum Gasteiger partial charge on any atom is -0.429 e. The Hall–Kier alpha value is -2.48. The predicted octanol–water partition coefficient (Wildman–Crippen LogP) is 2.03. The average Bonchev–Trinajstić information content (AvgIpc) is 2.65. The highest BCUT2D eigenvalue weighted by molar-refractivity contribution is 5.49. The van der Waals surface area contributed by atoms with E-state index in [1.54, 1.807) is 14.0 Å². The highest BCUT2D eigenvalue weighted by atomic mass is 19.1. The number of benzene rings is 1. The molecule has 1 heterocycles. The van der Waals surface area contributed by atoms with Crippen LogP contribution in [0.4, 0.5) is 10.1 Å². The van der Waals surface area contributed by atoms with Crippen molar-refractivity contribution < 1.29 is 14.1 Å². The molecule has 1 aromatic carbocycles. The Kier molecular flexibility index (Phi) is 3.66. The fourth-order valence-electron chi connectivity index (χ4n) is 1.88. The molecular formula is C12H13FN4O3. The lowest BCUT2D eigenvalue weighted by atomic mass is 10.2. The normalized spacial score (nSPS) is 10.6. The fraction of sp³-hybridized carbons (Fsp3) is 0.250. The molecule has 106 valence electrons. The lowest BCUT2D eigenvalue weighted by molar-refractivity contribution is -0.385. The molecule has 2 aromatic rings. The third-order valence-electron chi connectivity index (χ3n) is 2.83. The zero-order valence-electron chi connectivity index (χ0n) is 11.0.